The molecule has 176 valence electrons. The SMILES string of the molecule is C=C1C(=O)OC2C=C(C)CCC=C(C(=O)OC)C(OC(C)=O)C(OC(=O)C(C)(O)CO)C12. The summed E-state index contributed by atoms with van der Waals surface area (Å²) in [6, 6.07) is 0. The monoisotopic (exact) mass is 452 g/mol. The molecule has 0 bridgehead atoms. The molecule has 0 aromatic rings. The van der Waals surface area contributed by atoms with Crippen LogP contribution in [0.5, 0.6) is 0 Å². The Morgan fingerprint density at radius 1 is 1.31 bits per heavy atom. The lowest BCUT2D eigenvalue weighted by molar-refractivity contribution is -0.186. The van der Waals surface area contributed by atoms with Crippen molar-refractivity contribution in [3.63, 3.8) is 0 Å². The second-order valence-electron chi connectivity index (χ2n) is 7.96. The molecule has 2 rings (SSSR count). The van der Waals surface area contributed by atoms with Gasteiger partial charge in [-0.25, -0.2) is 14.4 Å². The zero-order valence-corrected chi connectivity index (χ0v) is 18.5. The second kappa shape index (κ2) is 10.1. The number of carbonyl (C=O) groups is 4. The second-order valence-corrected chi connectivity index (χ2v) is 7.96. The summed E-state index contributed by atoms with van der Waals surface area (Å²) in [6.45, 7) is 6.71. The molecular weight excluding hydrogens is 424 g/mol. The van der Waals surface area contributed by atoms with Crippen molar-refractivity contribution < 1.29 is 48.3 Å². The van der Waals surface area contributed by atoms with E-state index in [0.717, 1.165) is 26.5 Å². The van der Waals surface area contributed by atoms with Crippen molar-refractivity contribution >= 4 is 23.9 Å². The Hall–Kier alpha value is -2.98. The Balaban J connectivity index is 2.71. The van der Waals surface area contributed by atoms with Crippen LogP contribution in [0.2, 0.25) is 0 Å². The molecule has 0 spiro atoms. The van der Waals surface area contributed by atoms with Gasteiger partial charge >= 0.3 is 23.9 Å². The van der Waals surface area contributed by atoms with E-state index in [9.17, 15) is 29.4 Å². The molecule has 1 heterocycles. The van der Waals surface area contributed by atoms with E-state index in [1.165, 1.54) is 6.08 Å². The molecule has 0 amide bonds. The number of carbonyl (C=O) groups excluding carboxylic acids is 4. The smallest absolute Gasteiger partial charge is 0.340 e. The number of hydrogen-bond acceptors (Lipinski definition) is 10. The molecule has 0 radical (unpaired) electrons. The van der Waals surface area contributed by atoms with Crippen molar-refractivity contribution in [1.29, 1.82) is 0 Å². The van der Waals surface area contributed by atoms with Gasteiger partial charge in [-0.1, -0.05) is 18.2 Å². The summed E-state index contributed by atoms with van der Waals surface area (Å²) in [5.74, 6) is -4.68. The predicted octanol–water partition coefficient (Wildman–Crippen LogP) is 0.511. The lowest BCUT2D eigenvalue weighted by Gasteiger charge is -2.34. The van der Waals surface area contributed by atoms with Crippen LogP contribution < -0.4 is 0 Å². The summed E-state index contributed by atoms with van der Waals surface area (Å²) < 4.78 is 21.1. The van der Waals surface area contributed by atoms with E-state index in [1.54, 1.807) is 13.0 Å². The molecule has 5 atom stereocenters. The van der Waals surface area contributed by atoms with E-state index in [1.807, 2.05) is 0 Å². The highest BCUT2D eigenvalue weighted by Crippen LogP contribution is 2.38. The molecule has 2 N–H and O–H groups in total. The van der Waals surface area contributed by atoms with Crippen molar-refractivity contribution in [2.45, 2.75) is 57.5 Å². The van der Waals surface area contributed by atoms with Crippen LogP contribution >= 0.6 is 0 Å². The summed E-state index contributed by atoms with van der Waals surface area (Å²) in [5, 5.41) is 19.5. The maximum atomic E-state index is 12.7. The van der Waals surface area contributed by atoms with Crippen LogP contribution in [0.15, 0.2) is 35.5 Å². The number of aliphatic hydroxyl groups is 2. The number of aliphatic hydroxyl groups excluding tert-OH is 1. The average molecular weight is 452 g/mol. The van der Waals surface area contributed by atoms with Crippen molar-refractivity contribution in [2.75, 3.05) is 13.7 Å². The van der Waals surface area contributed by atoms with Gasteiger partial charge in [-0.15, -0.1) is 0 Å². The first-order chi connectivity index (χ1) is 14.9. The van der Waals surface area contributed by atoms with E-state index >= 15 is 0 Å². The van der Waals surface area contributed by atoms with Crippen LogP contribution in [-0.2, 0) is 38.1 Å². The van der Waals surface area contributed by atoms with E-state index in [4.69, 9.17) is 18.9 Å². The lowest BCUT2D eigenvalue weighted by Crippen LogP contribution is -2.50. The van der Waals surface area contributed by atoms with Gasteiger partial charge in [0.15, 0.2) is 17.8 Å². The molecule has 1 saturated heterocycles. The quantitative estimate of drug-likeness (QED) is 0.262. The lowest BCUT2D eigenvalue weighted by atomic mass is 9.83. The standard InChI is InChI=1S/C22H28O10/c1-11-7-6-8-14(20(26)29-5)17(30-13(3)24)18(32-21(27)22(4,28)10-23)16-12(2)19(25)31-15(16)9-11/h8-9,15-18,23,28H,2,6-7,10H2,1,3-5H3. The highest BCUT2D eigenvalue weighted by molar-refractivity contribution is 5.93. The van der Waals surface area contributed by atoms with Crippen LogP contribution in [0.4, 0.5) is 0 Å². The van der Waals surface area contributed by atoms with Gasteiger partial charge in [0.25, 0.3) is 0 Å². The topological polar surface area (TPSA) is 146 Å². The van der Waals surface area contributed by atoms with E-state index in [-0.39, 0.29) is 11.1 Å². The summed E-state index contributed by atoms with van der Waals surface area (Å²) in [4.78, 5) is 49.5. The summed E-state index contributed by atoms with van der Waals surface area (Å²) in [6.07, 6.45) is 0.110. The summed E-state index contributed by atoms with van der Waals surface area (Å²) in [7, 11) is 1.14. The van der Waals surface area contributed by atoms with E-state index < -0.39 is 60.3 Å². The van der Waals surface area contributed by atoms with Gasteiger partial charge in [0.1, 0.15) is 6.10 Å². The van der Waals surface area contributed by atoms with Crippen LogP contribution in [-0.4, -0.2) is 71.7 Å². The fraction of sp³-hybridized carbons (Fsp3) is 0.545. The molecule has 10 nitrogen and oxygen atoms in total. The zero-order chi connectivity index (χ0) is 24.2. The van der Waals surface area contributed by atoms with E-state index in [0.29, 0.717) is 12.8 Å². The Morgan fingerprint density at radius 3 is 2.53 bits per heavy atom. The van der Waals surface area contributed by atoms with Gasteiger partial charge in [0.05, 0.1) is 25.2 Å². The molecule has 0 aromatic heterocycles. The fourth-order valence-electron chi connectivity index (χ4n) is 3.51. The largest absolute Gasteiger partial charge is 0.466 e. The molecule has 0 saturated carbocycles. The third-order valence-corrected chi connectivity index (χ3v) is 5.28. The van der Waals surface area contributed by atoms with Gasteiger partial charge in [0.2, 0.25) is 0 Å². The molecule has 10 heteroatoms. The molecule has 1 aliphatic heterocycles. The van der Waals surface area contributed by atoms with Gasteiger partial charge in [0, 0.05) is 12.5 Å². The first kappa shape index (κ1) is 25.3. The summed E-state index contributed by atoms with van der Waals surface area (Å²) >= 11 is 0. The van der Waals surface area contributed by atoms with Crippen molar-refractivity contribution in [2.24, 2.45) is 5.92 Å². The van der Waals surface area contributed by atoms with Crippen molar-refractivity contribution in [1.82, 2.24) is 0 Å². The average Bonchev–Trinajstić information content (AvgIpc) is 2.99. The third-order valence-electron chi connectivity index (χ3n) is 5.28. The first-order valence-corrected chi connectivity index (χ1v) is 10.00. The van der Waals surface area contributed by atoms with Crippen LogP contribution in [0, 0.1) is 5.92 Å². The normalized spacial score (nSPS) is 27.7. The highest BCUT2D eigenvalue weighted by atomic mass is 16.6. The number of methoxy groups -OCH3 is 1. The summed E-state index contributed by atoms with van der Waals surface area (Å²) in [5.41, 5.74) is -1.63. The number of allylic oxidation sites excluding steroid dienone is 2. The maximum Gasteiger partial charge on any atom is 0.340 e. The molecule has 2 aliphatic rings. The molecule has 32 heavy (non-hydrogen) atoms. The van der Waals surface area contributed by atoms with Crippen LogP contribution in [0.3, 0.4) is 0 Å². The minimum Gasteiger partial charge on any atom is -0.466 e. The Morgan fingerprint density at radius 2 is 1.97 bits per heavy atom. The zero-order valence-electron chi connectivity index (χ0n) is 18.5. The molecule has 5 unspecified atom stereocenters. The first-order valence-electron chi connectivity index (χ1n) is 10.00. The van der Waals surface area contributed by atoms with Crippen molar-refractivity contribution in [3.8, 4) is 0 Å². The Bertz CT molecular complexity index is 866. The number of fused-ring (bicyclic) bond motifs is 1. The van der Waals surface area contributed by atoms with Crippen LogP contribution in [0.25, 0.3) is 0 Å². The molecule has 0 aromatic carbocycles. The maximum absolute atomic E-state index is 12.7. The van der Waals surface area contributed by atoms with Gasteiger partial charge in [-0.05, 0) is 32.8 Å². The molecule has 1 fully saturated rings. The van der Waals surface area contributed by atoms with Gasteiger partial charge in [-0.3, -0.25) is 4.79 Å². The highest BCUT2D eigenvalue weighted by Gasteiger charge is 2.51. The predicted molar refractivity (Wildman–Crippen MR) is 109 cm³/mol. The fourth-order valence-corrected chi connectivity index (χ4v) is 3.51. The van der Waals surface area contributed by atoms with Gasteiger partial charge < -0.3 is 29.2 Å². The Kier molecular flexibility index (Phi) is 7.97. The van der Waals surface area contributed by atoms with E-state index in [2.05, 4.69) is 6.58 Å². The Labute approximate surface area is 185 Å². The van der Waals surface area contributed by atoms with Crippen molar-refractivity contribution in [3.05, 3.63) is 35.5 Å². The minimum atomic E-state index is -2.29. The number of rotatable bonds is 5. The van der Waals surface area contributed by atoms with Crippen LogP contribution in [0.1, 0.15) is 33.6 Å². The molecule has 1 aliphatic carbocycles. The number of ether oxygens (including phenoxy) is 4. The number of esters is 4. The number of hydrogen-bond donors (Lipinski definition) is 2. The third kappa shape index (κ3) is 5.43. The van der Waals surface area contributed by atoms with Gasteiger partial charge in [-0.2, -0.15) is 0 Å². The molecular formula is C22H28O10. The minimum absolute atomic E-state index is 0.0672.